The summed E-state index contributed by atoms with van der Waals surface area (Å²) in [6.45, 7) is 0. The fourth-order valence-corrected chi connectivity index (χ4v) is 2.94. The zero-order chi connectivity index (χ0) is 18.4. The second-order valence-corrected chi connectivity index (χ2v) is 5.89. The van der Waals surface area contributed by atoms with Gasteiger partial charge in [0.1, 0.15) is 6.04 Å². The minimum absolute atomic E-state index is 0.374. The van der Waals surface area contributed by atoms with Crippen molar-refractivity contribution in [2.45, 2.75) is 12.0 Å². The van der Waals surface area contributed by atoms with E-state index in [0.717, 1.165) is 11.1 Å². The van der Waals surface area contributed by atoms with E-state index in [1.165, 1.54) is 6.20 Å². The van der Waals surface area contributed by atoms with E-state index in [1.54, 1.807) is 18.3 Å². The number of amides is 2. The Morgan fingerprint density at radius 1 is 0.846 bits per heavy atom. The Labute approximate surface area is 151 Å². The molecule has 3 aromatic rings. The Hall–Kier alpha value is -3.47. The number of nitrogens with two attached hydrogens (primary N) is 1. The second-order valence-electron chi connectivity index (χ2n) is 5.89. The van der Waals surface area contributed by atoms with Gasteiger partial charge in [0, 0.05) is 18.3 Å². The van der Waals surface area contributed by atoms with E-state index in [1.807, 2.05) is 60.7 Å². The molecule has 26 heavy (non-hydrogen) atoms. The Morgan fingerprint density at radius 2 is 1.42 bits per heavy atom. The molecule has 5 nitrogen and oxygen atoms in total. The first-order valence-corrected chi connectivity index (χ1v) is 8.27. The van der Waals surface area contributed by atoms with Crippen molar-refractivity contribution in [2.75, 3.05) is 0 Å². The van der Waals surface area contributed by atoms with E-state index in [4.69, 9.17) is 5.73 Å². The molecular formula is C21H19N3O2. The lowest BCUT2D eigenvalue weighted by Crippen LogP contribution is -2.48. The average Bonchev–Trinajstić information content (AvgIpc) is 2.69. The van der Waals surface area contributed by atoms with Crippen molar-refractivity contribution >= 4 is 11.8 Å². The predicted octanol–water partition coefficient (Wildman–Crippen LogP) is 2.50. The van der Waals surface area contributed by atoms with E-state index in [-0.39, 0.29) is 0 Å². The van der Waals surface area contributed by atoms with E-state index in [2.05, 4.69) is 10.3 Å². The van der Waals surface area contributed by atoms with Gasteiger partial charge in [0.05, 0.1) is 5.56 Å². The van der Waals surface area contributed by atoms with Crippen molar-refractivity contribution < 1.29 is 9.59 Å². The third-order valence-electron chi connectivity index (χ3n) is 4.17. The summed E-state index contributed by atoms with van der Waals surface area (Å²) >= 11 is 0. The summed E-state index contributed by atoms with van der Waals surface area (Å²) in [5, 5.41) is 2.78. The molecule has 1 atom stereocenters. The molecular weight excluding hydrogens is 326 g/mol. The van der Waals surface area contributed by atoms with Gasteiger partial charge in [0.25, 0.3) is 5.91 Å². The molecule has 0 aliphatic carbocycles. The molecule has 0 spiro atoms. The number of nitrogens with one attached hydrogen (secondary N) is 1. The normalized spacial score (nSPS) is 11.7. The lowest BCUT2D eigenvalue weighted by molar-refractivity contribution is -0.120. The number of carbonyl (C=O) groups is 2. The fourth-order valence-electron chi connectivity index (χ4n) is 2.94. The van der Waals surface area contributed by atoms with Crippen molar-refractivity contribution in [3.8, 4) is 0 Å². The maximum absolute atomic E-state index is 12.6. The van der Waals surface area contributed by atoms with Crippen LogP contribution in [0.25, 0.3) is 0 Å². The zero-order valence-electron chi connectivity index (χ0n) is 14.1. The molecule has 0 fully saturated rings. The SMILES string of the molecule is NC(=O)[C@@H](NC(=O)c1cccnc1)C(c1ccccc1)c1ccccc1. The number of hydrogen-bond acceptors (Lipinski definition) is 3. The molecule has 2 amide bonds. The van der Waals surface area contributed by atoms with Crippen LogP contribution in [0.3, 0.4) is 0 Å². The number of aromatic nitrogens is 1. The smallest absolute Gasteiger partial charge is 0.253 e. The number of hydrogen-bond donors (Lipinski definition) is 2. The molecule has 0 bridgehead atoms. The molecule has 1 aromatic heterocycles. The minimum atomic E-state index is -0.896. The highest BCUT2D eigenvalue weighted by Crippen LogP contribution is 2.28. The molecule has 0 unspecified atom stereocenters. The Kier molecular flexibility index (Phi) is 5.39. The second kappa shape index (κ2) is 8.07. The summed E-state index contributed by atoms with van der Waals surface area (Å²) in [5.41, 5.74) is 7.84. The first-order chi connectivity index (χ1) is 12.7. The summed E-state index contributed by atoms with van der Waals surface area (Å²) < 4.78 is 0. The largest absolute Gasteiger partial charge is 0.368 e. The Balaban J connectivity index is 1.99. The van der Waals surface area contributed by atoms with E-state index in [9.17, 15) is 9.59 Å². The molecule has 0 saturated carbocycles. The number of nitrogens with zero attached hydrogens (tertiary/aromatic N) is 1. The molecule has 0 aliphatic heterocycles. The van der Waals surface area contributed by atoms with Crippen molar-refractivity contribution in [1.82, 2.24) is 10.3 Å². The molecule has 1 heterocycles. The van der Waals surface area contributed by atoms with Gasteiger partial charge in [0.15, 0.2) is 0 Å². The molecule has 0 radical (unpaired) electrons. The van der Waals surface area contributed by atoms with Crippen molar-refractivity contribution in [3.05, 3.63) is 102 Å². The number of pyridine rings is 1. The van der Waals surface area contributed by atoms with Gasteiger partial charge in [-0.1, -0.05) is 60.7 Å². The van der Waals surface area contributed by atoms with Gasteiger partial charge in [0.2, 0.25) is 5.91 Å². The standard InChI is InChI=1S/C21H19N3O2/c22-20(25)19(24-21(26)17-12-7-13-23-14-17)18(15-8-3-1-4-9-15)16-10-5-2-6-11-16/h1-14,18-19H,(H2,22,25)(H,24,26)/t19-/m0/s1. The van der Waals surface area contributed by atoms with Crippen LogP contribution in [0.1, 0.15) is 27.4 Å². The third-order valence-corrected chi connectivity index (χ3v) is 4.17. The summed E-state index contributed by atoms with van der Waals surface area (Å²) in [7, 11) is 0. The van der Waals surface area contributed by atoms with Gasteiger partial charge in [-0.2, -0.15) is 0 Å². The van der Waals surface area contributed by atoms with Crippen LogP contribution in [-0.2, 0) is 4.79 Å². The molecule has 0 saturated heterocycles. The van der Waals surface area contributed by atoms with Gasteiger partial charge in [-0.15, -0.1) is 0 Å². The summed E-state index contributed by atoms with van der Waals surface area (Å²) in [5.74, 6) is -1.38. The molecule has 3 rings (SSSR count). The van der Waals surface area contributed by atoms with Crippen LogP contribution >= 0.6 is 0 Å². The van der Waals surface area contributed by atoms with Crippen molar-refractivity contribution in [3.63, 3.8) is 0 Å². The van der Waals surface area contributed by atoms with E-state index in [0.29, 0.717) is 5.56 Å². The van der Waals surface area contributed by atoms with Gasteiger partial charge < -0.3 is 11.1 Å². The first kappa shape index (κ1) is 17.4. The molecule has 2 aromatic carbocycles. The fraction of sp³-hybridized carbons (Fsp3) is 0.0952. The van der Waals surface area contributed by atoms with Crippen LogP contribution in [0, 0.1) is 0 Å². The van der Waals surface area contributed by atoms with Crippen LogP contribution in [0.2, 0.25) is 0 Å². The first-order valence-electron chi connectivity index (χ1n) is 8.27. The maximum atomic E-state index is 12.6. The van der Waals surface area contributed by atoms with Crippen LogP contribution in [0.4, 0.5) is 0 Å². The minimum Gasteiger partial charge on any atom is -0.368 e. The molecule has 0 aliphatic rings. The number of carbonyl (C=O) groups excluding carboxylic acids is 2. The highest BCUT2D eigenvalue weighted by molar-refractivity contribution is 5.97. The van der Waals surface area contributed by atoms with Crippen molar-refractivity contribution in [2.24, 2.45) is 5.73 Å². The van der Waals surface area contributed by atoms with Crippen molar-refractivity contribution in [1.29, 1.82) is 0 Å². The number of rotatable bonds is 6. The molecule has 3 N–H and O–H groups in total. The number of primary amides is 1. The third kappa shape index (κ3) is 3.95. The number of benzene rings is 2. The average molecular weight is 345 g/mol. The summed E-state index contributed by atoms with van der Waals surface area (Å²) in [6.07, 6.45) is 3.03. The predicted molar refractivity (Wildman–Crippen MR) is 99.4 cm³/mol. The van der Waals surface area contributed by atoms with Crippen LogP contribution in [-0.4, -0.2) is 22.8 Å². The van der Waals surface area contributed by atoms with E-state index < -0.39 is 23.8 Å². The van der Waals surface area contributed by atoms with Gasteiger partial charge >= 0.3 is 0 Å². The maximum Gasteiger partial charge on any atom is 0.253 e. The van der Waals surface area contributed by atoms with Gasteiger partial charge in [-0.25, -0.2) is 0 Å². The summed E-state index contributed by atoms with van der Waals surface area (Å²) in [4.78, 5) is 28.8. The van der Waals surface area contributed by atoms with E-state index >= 15 is 0 Å². The van der Waals surface area contributed by atoms with Crippen LogP contribution in [0.5, 0.6) is 0 Å². The monoisotopic (exact) mass is 345 g/mol. The lowest BCUT2D eigenvalue weighted by atomic mass is 9.84. The quantitative estimate of drug-likeness (QED) is 0.720. The summed E-state index contributed by atoms with van der Waals surface area (Å²) in [6, 6.07) is 21.5. The van der Waals surface area contributed by atoms with Gasteiger partial charge in [-0.05, 0) is 23.3 Å². The highest BCUT2D eigenvalue weighted by atomic mass is 16.2. The zero-order valence-corrected chi connectivity index (χ0v) is 14.1. The van der Waals surface area contributed by atoms with Crippen LogP contribution in [0.15, 0.2) is 85.2 Å². The highest BCUT2D eigenvalue weighted by Gasteiger charge is 2.31. The molecule has 5 heteroatoms. The topological polar surface area (TPSA) is 85.1 Å². The van der Waals surface area contributed by atoms with Crippen LogP contribution < -0.4 is 11.1 Å². The Bertz CT molecular complexity index is 828. The Morgan fingerprint density at radius 3 is 1.88 bits per heavy atom. The van der Waals surface area contributed by atoms with Gasteiger partial charge in [-0.3, -0.25) is 14.6 Å². The lowest BCUT2D eigenvalue weighted by Gasteiger charge is -2.26. The molecule has 130 valence electrons.